The summed E-state index contributed by atoms with van der Waals surface area (Å²) >= 11 is 0. The highest BCUT2D eigenvalue weighted by atomic mass is 16.5. The van der Waals surface area contributed by atoms with Crippen molar-refractivity contribution in [1.82, 2.24) is 25.0 Å². The lowest BCUT2D eigenvalue weighted by Gasteiger charge is -2.06. The van der Waals surface area contributed by atoms with Crippen LogP contribution in [0.25, 0.3) is 22.3 Å². The molecule has 27 heavy (non-hydrogen) atoms. The third kappa shape index (κ3) is 3.59. The fraction of sp³-hybridized carbons (Fsp3) is 0.105. The average molecular weight is 361 g/mol. The molecule has 4 aromatic rings. The Morgan fingerprint density at radius 2 is 1.85 bits per heavy atom. The standard InChI is InChI=1S/C19H15N5O3/c25-16(11-24-12-21-15-9-5-4-8-14(15)19(24)26)20-10-17-22-18(23-27-17)13-6-2-1-3-7-13/h1-9,12H,10-11H2,(H,20,25). The molecule has 134 valence electrons. The highest BCUT2D eigenvalue weighted by Gasteiger charge is 2.11. The quantitative estimate of drug-likeness (QED) is 0.581. The van der Waals surface area contributed by atoms with Crippen LogP contribution in [-0.2, 0) is 17.9 Å². The zero-order valence-electron chi connectivity index (χ0n) is 14.2. The fourth-order valence-corrected chi connectivity index (χ4v) is 2.63. The van der Waals surface area contributed by atoms with Gasteiger partial charge in [-0.1, -0.05) is 47.6 Å². The second-order valence-electron chi connectivity index (χ2n) is 5.85. The smallest absolute Gasteiger partial charge is 0.261 e. The van der Waals surface area contributed by atoms with E-state index in [1.165, 1.54) is 10.9 Å². The van der Waals surface area contributed by atoms with E-state index in [0.29, 0.717) is 16.7 Å². The molecule has 1 amide bonds. The molecule has 0 atom stereocenters. The van der Waals surface area contributed by atoms with Gasteiger partial charge < -0.3 is 9.84 Å². The maximum atomic E-state index is 12.4. The predicted molar refractivity (Wildman–Crippen MR) is 97.6 cm³/mol. The zero-order chi connectivity index (χ0) is 18.6. The van der Waals surface area contributed by atoms with E-state index in [9.17, 15) is 9.59 Å². The Morgan fingerprint density at radius 3 is 2.70 bits per heavy atom. The molecule has 2 aromatic heterocycles. The molecule has 0 saturated heterocycles. The van der Waals surface area contributed by atoms with Crippen LogP contribution in [0.2, 0.25) is 0 Å². The molecule has 0 aliphatic carbocycles. The van der Waals surface area contributed by atoms with Gasteiger partial charge in [0.1, 0.15) is 6.54 Å². The van der Waals surface area contributed by atoms with E-state index in [2.05, 4.69) is 20.4 Å². The molecule has 0 aliphatic rings. The van der Waals surface area contributed by atoms with Crippen molar-refractivity contribution in [3.63, 3.8) is 0 Å². The molecule has 8 nitrogen and oxygen atoms in total. The third-order valence-electron chi connectivity index (χ3n) is 3.98. The molecule has 0 spiro atoms. The molecule has 0 saturated carbocycles. The van der Waals surface area contributed by atoms with E-state index in [1.54, 1.807) is 24.3 Å². The first kappa shape index (κ1) is 16.6. The van der Waals surface area contributed by atoms with Crippen molar-refractivity contribution in [2.45, 2.75) is 13.1 Å². The van der Waals surface area contributed by atoms with E-state index in [1.807, 2.05) is 30.3 Å². The van der Waals surface area contributed by atoms with Crippen LogP contribution in [-0.4, -0.2) is 25.6 Å². The van der Waals surface area contributed by atoms with Gasteiger partial charge >= 0.3 is 0 Å². The lowest BCUT2D eigenvalue weighted by atomic mass is 10.2. The average Bonchev–Trinajstić information content (AvgIpc) is 3.19. The van der Waals surface area contributed by atoms with Crippen molar-refractivity contribution in [3.8, 4) is 11.4 Å². The molecular weight excluding hydrogens is 346 g/mol. The van der Waals surface area contributed by atoms with E-state index in [-0.39, 0.29) is 30.4 Å². The van der Waals surface area contributed by atoms with Crippen molar-refractivity contribution in [3.05, 3.63) is 77.2 Å². The van der Waals surface area contributed by atoms with Crippen LogP contribution in [0.4, 0.5) is 0 Å². The summed E-state index contributed by atoms with van der Waals surface area (Å²) in [5.41, 5.74) is 1.16. The highest BCUT2D eigenvalue weighted by Crippen LogP contribution is 2.14. The largest absolute Gasteiger partial charge is 0.345 e. The summed E-state index contributed by atoms with van der Waals surface area (Å²) < 4.78 is 6.41. The second-order valence-corrected chi connectivity index (χ2v) is 5.85. The molecule has 0 unspecified atom stereocenters. The summed E-state index contributed by atoms with van der Waals surface area (Å²) in [6, 6.07) is 16.4. The molecule has 0 bridgehead atoms. The molecule has 2 aromatic carbocycles. The van der Waals surface area contributed by atoms with Gasteiger partial charge in [-0.25, -0.2) is 4.98 Å². The summed E-state index contributed by atoms with van der Waals surface area (Å²) in [4.78, 5) is 33.0. The number of hydrogen-bond acceptors (Lipinski definition) is 6. The van der Waals surface area contributed by atoms with Crippen LogP contribution < -0.4 is 10.9 Å². The molecule has 0 radical (unpaired) electrons. The Bertz CT molecular complexity index is 1150. The minimum Gasteiger partial charge on any atom is -0.345 e. The van der Waals surface area contributed by atoms with Gasteiger partial charge in [-0.2, -0.15) is 4.98 Å². The normalized spacial score (nSPS) is 10.8. The van der Waals surface area contributed by atoms with Crippen molar-refractivity contribution < 1.29 is 9.32 Å². The molecule has 8 heteroatoms. The van der Waals surface area contributed by atoms with Crippen LogP contribution >= 0.6 is 0 Å². The number of fused-ring (bicyclic) bond motifs is 1. The van der Waals surface area contributed by atoms with Gasteiger partial charge in [0.15, 0.2) is 0 Å². The number of carbonyl (C=O) groups is 1. The number of hydrogen-bond donors (Lipinski definition) is 1. The van der Waals surface area contributed by atoms with Gasteiger partial charge in [-0.3, -0.25) is 14.2 Å². The number of nitrogens with zero attached hydrogens (tertiary/aromatic N) is 4. The van der Waals surface area contributed by atoms with E-state index < -0.39 is 0 Å². The predicted octanol–water partition coefficient (Wildman–Crippen LogP) is 1.76. The first-order valence-electron chi connectivity index (χ1n) is 8.29. The summed E-state index contributed by atoms with van der Waals surface area (Å²) in [6.07, 6.45) is 1.37. The van der Waals surface area contributed by atoms with Crippen LogP contribution in [0.3, 0.4) is 0 Å². The van der Waals surface area contributed by atoms with Crippen molar-refractivity contribution in [2.75, 3.05) is 0 Å². The molecule has 2 heterocycles. The molecule has 0 aliphatic heterocycles. The van der Waals surface area contributed by atoms with Gasteiger partial charge in [0.05, 0.1) is 23.8 Å². The van der Waals surface area contributed by atoms with Gasteiger partial charge in [0, 0.05) is 5.56 Å². The van der Waals surface area contributed by atoms with Crippen molar-refractivity contribution in [1.29, 1.82) is 0 Å². The highest BCUT2D eigenvalue weighted by molar-refractivity contribution is 5.78. The minimum absolute atomic E-state index is 0.0778. The fourth-order valence-electron chi connectivity index (χ4n) is 2.63. The topological polar surface area (TPSA) is 103 Å². The zero-order valence-corrected chi connectivity index (χ0v) is 14.2. The second kappa shape index (κ2) is 7.20. The summed E-state index contributed by atoms with van der Waals surface area (Å²) in [5, 5.41) is 7.03. The van der Waals surface area contributed by atoms with E-state index in [0.717, 1.165) is 5.56 Å². The number of para-hydroxylation sites is 1. The summed E-state index contributed by atoms with van der Waals surface area (Å²) in [7, 11) is 0. The summed E-state index contributed by atoms with van der Waals surface area (Å²) in [6.45, 7) is -0.0647. The third-order valence-corrected chi connectivity index (χ3v) is 3.98. The van der Waals surface area contributed by atoms with Gasteiger partial charge in [-0.05, 0) is 12.1 Å². The SMILES string of the molecule is O=C(Cn1cnc2ccccc2c1=O)NCc1nc(-c2ccccc2)no1. The molecule has 0 fully saturated rings. The lowest BCUT2D eigenvalue weighted by Crippen LogP contribution is -2.32. The van der Waals surface area contributed by atoms with E-state index in [4.69, 9.17) is 4.52 Å². The Balaban J connectivity index is 1.41. The molecule has 4 rings (SSSR count). The van der Waals surface area contributed by atoms with Crippen molar-refractivity contribution in [2.24, 2.45) is 0 Å². The van der Waals surface area contributed by atoms with Crippen molar-refractivity contribution >= 4 is 16.8 Å². The number of carbonyl (C=O) groups excluding carboxylic acids is 1. The first-order chi connectivity index (χ1) is 13.2. The Morgan fingerprint density at radius 1 is 1.07 bits per heavy atom. The van der Waals surface area contributed by atoms with Crippen LogP contribution in [0.1, 0.15) is 5.89 Å². The summed E-state index contributed by atoms with van der Waals surface area (Å²) in [5.74, 6) is 0.384. The van der Waals surface area contributed by atoms with Crippen LogP contribution in [0.5, 0.6) is 0 Å². The van der Waals surface area contributed by atoms with Gasteiger partial charge in [0.25, 0.3) is 5.56 Å². The van der Waals surface area contributed by atoms with Gasteiger partial charge in [-0.15, -0.1) is 0 Å². The van der Waals surface area contributed by atoms with E-state index >= 15 is 0 Å². The first-order valence-corrected chi connectivity index (χ1v) is 8.29. The number of benzene rings is 2. The Hall–Kier alpha value is -3.81. The van der Waals surface area contributed by atoms with Crippen LogP contribution in [0.15, 0.2) is 70.2 Å². The molecular formula is C19H15N5O3. The number of rotatable bonds is 5. The number of amides is 1. The van der Waals surface area contributed by atoms with Gasteiger partial charge in [0.2, 0.25) is 17.6 Å². The maximum absolute atomic E-state index is 12.4. The molecule has 1 N–H and O–H groups in total. The monoisotopic (exact) mass is 361 g/mol. The Labute approximate surface area is 153 Å². The number of nitrogens with one attached hydrogen (secondary N) is 1. The maximum Gasteiger partial charge on any atom is 0.261 e. The minimum atomic E-state index is -0.353. The number of aromatic nitrogens is 4. The Kier molecular flexibility index (Phi) is 4.44. The van der Waals surface area contributed by atoms with Crippen LogP contribution in [0, 0.1) is 0 Å². The lowest BCUT2D eigenvalue weighted by molar-refractivity contribution is -0.122.